The lowest BCUT2D eigenvalue weighted by molar-refractivity contribution is -0.137. The van der Waals surface area contributed by atoms with Gasteiger partial charge in [-0.2, -0.15) is 0 Å². The van der Waals surface area contributed by atoms with E-state index in [1.165, 1.54) is 0 Å². The summed E-state index contributed by atoms with van der Waals surface area (Å²) < 4.78 is 5.17. The van der Waals surface area contributed by atoms with Gasteiger partial charge >= 0.3 is 0 Å². The van der Waals surface area contributed by atoms with Crippen LogP contribution in [0.15, 0.2) is 0 Å². The second-order valence-corrected chi connectivity index (χ2v) is 3.71. The maximum Gasteiger partial charge on any atom is 0.239 e. The second-order valence-electron chi connectivity index (χ2n) is 3.71. The topological polar surface area (TPSA) is 70.7 Å². The zero-order chi connectivity index (χ0) is 12.0. The summed E-state index contributed by atoms with van der Waals surface area (Å²) in [5.41, 5.74) is 0. The first-order valence-corrected chi connectivity index (χ1v) is 5.45. The largest absolute Gasteiger partial charge is 0.378 e. The lowest BCUT2D eigenvalue weighted by Crippen LogP contribution is -2.50. The Morgan fingerprint density at radius 3 is 2.56 bits per heavy atom. The number of morpholine rings is 1. The number of hydrogen-bond acceptors (Lipinski definition) is 4. The Bertz CT molecular complexity index is 252. The number of nitrogens with one attached hydrogen (secondary N) is 2. The molecule has 0 aliphatic carbocycles. The highest BCUT2D eigenvalue weighted by molar-refractivity contribution is 5.83. The fourth-order valence-corrected chi connectivity index (χ4v) is 1.48. The molecule has 6 nitrogen and oxygen atoms in total. The normalized spacial score (nSPS) is 18.0. The molecule has 1 unspecified atom stereocenters. The predicted molar refractivity (Wildman–Crippen MR) is 58.9 cm³/mol. The van der Waals surface area contributed by atoms with Gasteiger partial charge in [-0.05, 0) is 6.92 Å². The van der Waals surface area contributed by atoms with Crippen LogP contribution < -0.4 is 10.6 Å². The van der Waals surface area contributed by atoms with Gasteiger partial charge in [0.1, 0.15) is 0 Å². The molecule has 0 aromatic carbocycles. The maximum absolute atomic E-state index is 11.9. The molecule has 2 amide bonds. The van der Waals surface area contributed by atoms with Gasteiger partial charge in [0.05, 0.1) is 25.8 Å². The van der Waals surface area contributed by atoms with Crippen LogP contribution in [0.2, 0.25) is 0 Å². The van der Waals surface area contributed by atoms with E-state index in [1.54, 1.807) is 18.9 Å². The highest BCUT2D eigenvalue weighted by Crippen LogP contribution is 2.00. The summed E-state index contributed by atoms with van der Waals surface area (Å²) >= 11 is 0. The van der Waals surface area contributed by atoms with Gasteiger partial charge in [-0.25, -0.2) is 0 Å². The molecule has 0 spiro atoms. The number of rotatable bonds is 4. The van der Waals surface area contributed by atoms with Crippen LogP contribution in [-0.2, 0) is 14.3 Å². The van der Waals surface area contributed by atoms with Crippen LogP contribution in [0.1, 0.15) is 6.92 Å². The van der Waals surface area contributed by atoms with E-state index in [2.05, 4.69) is 10.6 Å². The zero-order valence-corrected chi connectivity index (χ0v) is 9.78. The summed E-state index contributed by atoms with van der Waals surface area (Å²) in [6.07, 6.45) is 0. The molecule has 16 heavy (non-hydrogen) atoms. The van der Waals surface area contributed by atoms with Crippen molar-refractivity contribution >= 4 is 11.8 Å². The minimum atomic E-state index is -0.338. The molecule has 2 N–H and O–H groups in total. The summed E-state index contributed by atoms with van der Waals surface area (Å²) in [7, 11) is 1.57. The van der Waals surface area contributed by atoms with Crippen LogP contribution in [0.3, 0.4) is 0 Å². The van der Waals surface area contributed by atoms with Crippen LogP contribution in [0, 0.1) is 0 Å². The standard InChI is InChI=1S/C10H19N3O3/c1-8(12-7-9(14)11-2)10(15)13-3-5-16-6-4-13/h8,12H,3-7H2,1-2H3,(H,11,14). The molecule has 1 aliphatic rings. The molecule has 1 rings (SSSR count). The molecule has 0 aromatic rings. The third-order valence-electron chi connectivity index (χ3n) is 2.54. The average molecular weight is 229 g/mol. The Morgan fingerprint density at radius 2 is 2.00 bits per heavy atom. The molecular weight excluding hydrogens is 210 g/mol. The molecule has 6 heteroatoms. The smallest absolute Gasteiger partial charge is 0.239 e. The van der Waals surface area contributed by atoms with Gasteiger partial charge in [0.2, 0.25) is 11.8 Å². The van der Waals surface area contributed by atoms with Gasteiger partial charge in [-0.1, -0.05) is 0 Å². The first kappa shape index (κ1) is 12.9. The van der Waals surface area contributed by atoms with Crippen LogP contribution >= 0.6 is 0 Å². The van der Waals surface area contributed by atoms with Crippen LogP contribution in [-0.4, -0.2) is 62.7 Å². The van der Waals surface area contributed by atoms with Crippen molar-refractivity contribution in [1.29, 1.82) is 0 Å². The van der Waals surface area contributed by atoms with Crippen molar-refractivity contribution in [3.8, 4) is 0 Å². The molecular formula is C10H19N3O3. The van der Waals surface area contributed by atoms with Crippen molar-refractivity contribution in [3.63, 3.8) is 0 Å². The molecule has 1 heterocycles. The third-order valence-corrected chi connectivity index (χ3v) is 2.54. The van der Waals surface area contributed by atoms with E-state index in [1.807, 2.05) is 0 Å². The molecule has 1 atom stereocenters. The molecule has 0 bridgehead atoms. The van der Waals surface area contributed by atoms with E-state index in [-0.39, 0.29) is 24.4 Å². The minimum absolute atomic E-state index is 0.0206. The van der Waals surface area contributed by atoms with Crippen molar-refractivity contribution in [2.45, 2.75) is 13.0 Å². The summed E-state index contributed by atoms with van der Waals surface area (Å²) in [4.78, 5) is 24.6. The number of ether oxygens (including phenoxy) is 1. The van der Waals surface area contributed by atoms with Gasteiger partial charge < -0.3 is 15.0 Å². The van der Waals surface area contributed by atoms with E-state index < -0.39 is 0 Å². The summed E-state index contributed by atoms with van der Waals surface area (Å²) in [6, 6.07) is -0.338. The maximum atomic E-state index is 11.9. The SMILES string of the molecule is CNC(=O)CNC(C)C(=O)N1CCOCC1. The van der Waals surface area contributed by atoms with Gasteiger partial charge in [-0.3, -0.25) is 14.9 Å². The number of carbonyl (C=O) groups is 2. The lowest BCUT2D eigenvalue weighted by Gasteiger charge is -2.29. The molecule has 0 radical (unpaired) electrons. The van der Waals surface area contributed by atoms with Crippen LogP contribution in [0.5, 0.6) is 0 Å². The van der Waals surface area contributed by atoms with E-state index in [0.717, 1.165) is 0 Å². The molecule has 0 saturated carbocycles. The van der Waals surface area contributed by atoms with Crippen LogP contribution in [0.25, 0.3) is 0 Å². The Balaban J connectivity index is 2.31. The van der Waals surface area contributed by atoms with Gasteiger partial charge in [0.25, 0.3) is 0 Å². The number of hydrogen-bond donors (Lipinski definition) is 2. The number of carbonyl (C=O) groups excluding carboxylic acids is 2. The molecule has 92 valence electrons. The van der Waals surface area contributed by atoms with Crippen molar-refractivity contribution in [2.24, 2.45) is 0 Å². The molecule has 1 fully saturated rings. The summed E-state index contributed by atoms with van der Waals surface area (Å²) in [5, 5.41) is 5.38. The highest BCUT2D eigenvalue weighted by atomic mass is 16.5. The highest BCUT2D eigenvalue weighted by Gasteiger charge is 2.22. The summed E-state index contributed by atoms with van der Waals surface area (Å²) in [6.45, 7) is 4.37. The number of amides is 2. The fourth-order valence-electron chi connectivity index (χ4n) is 1.48. The average Bonchev–Trinajstić information content (AvgIpc) is 2.35. The Labute approximate surface area is 95.3 Å². The second kappa shape index (κ2) is 6.44. The Kier molecular flexibility index (Phi) is 5.21. The van der Waals surface area contributed by atoms with Crippen molar-refractivity contribution < 1.29 is 14.3 Å². The lowest BCUT2D eigenvalue weighted by atomic mass is 10.2. The first-order chi connectivity index (χ1) is 7.65. The third kappa shape index (κ3) is 3.79. The monoisotopic (exact) mass is 229 g/mol. The molecule has 1 saturated heterocycles. The molecule has 1 aliphatic heterocycles. The quantitative estimate of drug-likeness (QED) is 0.620. The van der Waals surface area contributed by atoms with Crippen molar-refractivity contribution in [3.05, 3.63) is 0 Å². The van der Waals surface area contributed by atoms with Gasteiger partial charge in [0.15, 0.2) is 0 Å². The van der Waals surface area contributed by atoms with E-state index in [4.69, 9.17) is 4.74 Å². The van der Waals surface area contributed by atoms with E-state index in [9.17, 15) is 9.59 Å². The number of nitrogens with zero attached hydrogens (tertiary/aromatic N) is 1. The first-order valence-electron chi connectivity index (χ1n) is 5.45. The fraction of sp³-hybridized carbons (Fsp3) is 0.800. The van der Waals surface area contributed by atoms with Gasteiger partial charge in [0, 0.05) is 20.1 Å². The predicted octanol–water partition coefficient (Wildman–Crippen LogP) is -1.43. The Morgan fingerprint density at radius 1 is 1.38 bits per heavy atom. The van der Waals surface area contributed by atoms with Crippen molar-refractivity contribution in [2.75, 3.05) is 39.9 Å². The molecule has 0 aromatic heterocycles. The zero-order valence-electron chi connectivity index (χ0n) is 9.78. The van der Waals surface area contributed by atoms with E-state index in [0.29, 0.717) is 26.3 Å². The van der Waals surface area contributed by atoms with Gasteiger partial charge in [-0.15, -0.1) is 0 Å². The van der Waals surface area contributed by atoms with Crippen molar-refractivity contribution in [1.82, 2.24) is 15.5 Å². The summed E-state index contributed by atoms with van der Waals surface area (Å²) in [5.74, 6) is -0.103. The van der Waals surface area contributed by atoms with Crippen LogP contribution in [0.4, 0.5) is 0 Å². The Hall–Kier alpha value is -1.14. The van der Waals surface area contributed by atoms with E-state index >= 15 is 0 Å². The number of likely N-dealkylation sites (N-methyl/N-ethyl adjacent to an activating group) is 1. The minimum Gasteiger partial charge on any atom is -0.378 e.